The summed E-state index contributed by atoms with van der Waals surface area (Å²) in [5.41, 5.74) is 0. The first-order valence-electron chi connectivity index (χ1n) is 7.08. The molecule has 2 unspecified atom stereocenters. The molecular weight excluding hydrogens is 228 g/mol. The maximum absolute atomic E-state index is 11.7. The lowest BCUT2D eigenvalue weighted by molar-refractivity contribution is -0.144. The first-order valence-corrected chi connectivity index (χ1v) is 7.08. The number of nitrogens with zero attached hydrogens (tertiary/aromatic N) is 1. The SMILES string of the molecule is CCC(C)C(NCC1CCN(C)CC1)C(=O)OC. The topological polar surface area (TPSA) is 41.6 Å². The van der Waals surface area contributed by atoms with Crippen molar-refractivity contribution in [1.29, 1.82) is 0 Å². The second-order valence-corrected chi connectivity index (χ2v) is 5.54. The normalized spacial score (nSPS) is 21.6. The molecule has 1 fully saturated rings. The van der Waals surface area contributed by atoms with Crippen LogP contribution in [0.1, 0.15) is 33.1 Å². The average Bonchev–Trinajstić information content (AvgIpc) is 2.40. The van der Waals surface area contributed by atoms with Crippen molar-refractivity contribution >= 4 is 5.97 Å². The predicted octanol–water partition coefficient (Wildman–Crippen LogP) is 1.51. The van der Waals surface area contributed by atoms with Crippen LogP contribution in [0.2, 0.25) is 0 Å². The van der Waals surface area contributed by atoms with Crippen LogP contribution in [0.3, 0.4) is 0 Å². The van der Waals surface area contributed by atoms with E-state index < -0.39 is 0 Å². The number of hydrogen-bond acceptors (Lipinski definition) is 4. The Hall–Kier alpha value is -0.610. The summed E-state index contributed by atoms with van der Waals surface area (Å²) >= 11 is 0. The Morgan fingerprint density at radius 1 is 1.44 bits per heavy atom. The molecule has 18 heavy (non-hydrogen) atoms. The highest BCUT2D eigenvalue weighted by atomic mass is 16.5. The molecule has 0 aliphatic carbocycles. The van der Waals surface area contributed by atoms with Gasteiger partial charge >= 0.3 is 5.97 Å². The minimum Gasteiger partial charge on any atom is -0.468 e. The molecule has 1 rings (SSSR count). The van der Waals surface area contributed by atoms with Gasteiger partial charge in [-0.3, -0.25) is 4.79 Å². The molecule has 0 amide bonds. The van der Waals surface area contributed by atoms with Gasteiger partial charge in [0.25, 0.3) is 0 Å². The third-order valence-electron chi connectivity index (χ3n) is 4.13. The first-order chi connectivity index (χ1) is 8.58. The number of hydrogen-bond donors (Lipinski definition) is 1. The van der Waals surface area contributed by atoms with Crippen LogP contribution in [0, 0.1) is 11.8 Å². The summed E-state index contributed by atoms with van der Waals surface area (Å²) in [6.45, 7) is 7.47. The Morgan fingerprint density at radius 3 is 2.56 bits per heavy atom. The fourth-order valence-corrected chi connectivity index (χ4v) is 2.44. The van der Waals surface area contributed by atoms with Gasteiger partial charge in [0, 0.05) is 0 Å². The quantitative estimate of drug-likeness (QED) is 0.731. The van der Waals surface area contributed by atoms with E-state index in [-0.39, 0.29) is 12.0 Å². The third-order valence-corrected chi connectivity index (χ3v) is 4.13. The maximum Gasteiger partial charge on any atom is 0.323 e. The van der Waals surface area contributed by atoms with Crippen LogP contribution >= 0.6 is 0 Å². The van der Waals surface area contributed by atoms with Crippen molar-refractivity contribution in [3.05, 3.63) is 0 Å². The summed E-state index contributed by atoms with van der Waals surface area (Å²) in [5.74, 6) is 0.887. The lowest BCUT2D eigenvalue weighted by atomic mass is 9.94. The van der Waals surface area contributed by atoms with Crippen LogP contribution in [-0.2, 0) is 9.53 Å². The first kappa shape index (κ1) is 15.4. The number of piperidine rings is 1. The van der Waals surface area contributed by atoms with Gasteiger partial charge in [0.2, 0.25) is 0 Å². The van der Waals surface area contributed by atoms with Gasteiger partial charge < -0.3 is 15.0 Å². The van der Waals surface area contributed by atoms with E-state index in [9.17, 15) is 4.79 Å². The molecule has 106 valence electrons. The molecule has 1 N–H and O–H groups in total. The molecule has 1 aliphatic heterocycles. The zero-order chi connectivity index (χ0) is 13.5. The van der Waals surface area contributed by atoms with Gasteiger partial charge in [0.05, 0.1) is 7.11 Å². The molecule has 0 spiro atoms. The van der Waals surface area contributed by atoms with E-state index in [2.05, 4.69) is 31.1 Å². The van der Waals surface area contributed by atoms with Gasteiger partial charge in [0.1, 0.15) is 6.04 Å². The van der Waals surface area contributed by atoms with Crippen molar-refractivity contribution in [3.8, 4) is 0 Å². The van der Waals surface area contributed by atoms with E-state index >= 15 is 0 Å². The summed E-state index contributed by atoms with van der Waals surface area (Å²) in [6, 6.07) is -0.153. The molecular formula is C14H28N2O2. The van der Waals surface area contributed by atoms with Crippen molar-refractivity contribution in [2.75, 3.05) is 33.8 Å². The van der Waals surface area contributed by atoms with Crippen LogP contribution in [-0.4, -0.2) is 50.7 Å². The second kappa shape index (κ2) is 7.74. The van der Waals surface area contributed by atoms with E-state index in [1.807, 2.05) is 0 Å². The molecule has 1 aliphatic rings. The zero-order valence-corrected chi connectivity index (χ0v) is 12.2. The molecule has 1 saturated heterocycles. The van der Waals surface area contributed by atoms with Gasteiger partial charge in [-0.25, -0.2) is 0 Å². The number of rotatable bonds is 6. The maximum atomic E-state index is 11.7. The number of esters is 1. The van der Waals surface area contributed by atoms with Gasteiger partial charge in [-0.05, 0) is 51.4 Å². The molecule has 1 heterocycles. The lowest BCUT2D eigenvalue weighted by Crippen LogP contribution is -2.46. The summed E-state index contributed by atoms with van der Waals surface area (Å²) in [4.78, 5) is 14.1. The van der Waals surface area contributed by atoms with Crippen LogP contribution < -0.4 is 5.32 Å². The van der Waals surface area contributed by atoms with E-state index in [4.69, 9.17) is 4.74 Å². The van der Waals surface area contributed by atoms with Gasteiger partial charge in [-0.2, -0.15) is 0 Å². The molecule has 4 nitrogen and oxygen atoms in total. The number of likely N-dealkylation sites (tertiary alicyclic amines) is 1. The van der Waals surface area contributed by atoms with E-state index in [1.165, 1.54) is 33.0 Å². The fourth-order valence-electron chi connectivity index (χ4n) is 2.44. The number of carbonyl (C=O) groups excluding carboxylic acids is 1. The molecule has 0 aromatic carbocycles. The van der Waals surface area contributed by atoms with Crippen LogP contribution in [0.25, 0.3) is 0 Å². The van der Waals surface area contributed by atoms with Crippen LogP contribution in [0.4, 0.5) is 0 Å². The van der Waals surface area contributed by atoms with Gasteiger partial charge in [0.15, 0.2) is 0 Å². The van der Waals surface area contributed by atoms with Crippen molar-refractivity contribution in [3.63, 3.8) is 0 Å². The third kappa shape index (κ3) is 4.58. The lowest BCUT2D eigenvalue weighted by Gasteiger charge is -2.31. The highest BCUT2D eigenvalue weighted by Crippen LogP contribution is 2.16. The zero-order valence-electron chi connectivity index (χ0n) is 12.2. The average molecular weight is 256 g/mol. The Balaban J connectivity index is 2.39. The monoisotopic (exact) mass is 256 g/mol. The van der Waals surface area contributed by atoms with Crippen molar-refractivity contribution in [2.24, 2.45) is 11.8 Å². The summed E-state index contributed by atoms with van der Waals surface area (Å²) < 4.78 is 4.88. The Labute approximate surface area is 111 Å². The van der Waals surface area contributed by atoms with Gasteiger partial charge in [-0.1, -0.05) is 20.3 Å². The standard InChI is InChI=1S/C14H28N2O2/c1-5-11(2)13(14(17)18-4)15-10-12-6-8-16(3)9-7-12/h11-13,15H,5-10H2,1-4H3. The van der Waals surface area contributed by atoms with Crippen LogP contribution in [0.15, 0.2) is 0 Å². The smallest absolute Gasteiger partial charge is 0.323 e. The van der Waals surface area contributed by atoms with E-state index in [1.54, 1.807) is 0 Å². The Morgan fingerprint density at radius 2 is 2.06 bits per heavy atom. The highest BCUT2D eigenvalue weighted by Gasteiger charge is 2.26. The predicted molar refractivity (Wildman–Crippen MR) is 73.5 cm³/mol. The fraction of sp³-hybridized carbons (Fsp3) is 0.929. The van der Waals surface area contributed by atoms with E-state index in [0.29, 0.717) is 11.8 Å². The molecule has 2 atom stereocenters. The summed E-state index contributed by atoms with van der Waals surface area (Å²) in [7, 11) is 3.63. The van der Waals surface area contributed by atoms with E-state index in [0.717, 1.165) is 13.0 Å². The van der Waals surface area contributed by atoms with Crippen molar-refractivity contribution in [1.82, 2.24) is 10.2 Å². The van der Waals surface area contributed by atoms with Gasteiger partial charge in [-0.15, -0.1) is 0 Å². The highest BCUT2D eigenvalue weighted by molar-refractivity contribution is 5.75. The number of nitrogens with one attached hydrogen (secondary N) is 1. The molecule has 0 saturated carbocycles. The summed E-state index contributed by atoms with van der Waals surface area (Å²) in [5, 5.41) is 3.41. The molecule has 4 heteroatoms. The number of ether oxygens (including phenoxy) is 1. The number of methoxy groups -OCH3 is 1. The van der Waals surface area contributed by atoms with Crippen LogP contribution in [0.5, 0.6) is 0 Å². The minimum absolute atomic E-state index is 0.128. The molecule has 0 bridgehead atoms. The van der Waals surface area contributed by atoms with Crippen molar-refractivity contribution < 1.29 is 9.53 Å². The minimum atomic E-state index is -0.153. The molecule has 0 aromatic heterocycles. The molecule has 0 radical (unpaired) electrons. The number of carbonyl (C=O) groups is 1. The second-order valence-electron chi connectivity index (χ2n) is 5.54. The molecule has 0 aromatic rings. The summed E-state index contributed by atoms with van der Waals surface area (Å²) in [6.07, 6.45) is 3.43. The largest absolute Gasteiger partial charge is 0.468 e. The Kier molecular flexibility index (Phi) is 6.65. The van der Waals surface area contributed by atoms with Crippen molar-refractivity contribution in [2.45, 2.75) is 39.2 Å². The Bertz CT molecular complexity index is 250.